The van der Waals surface area contributed by atoms with Gasteiger partial charge in [0.25, 0.3) is 0 Å². The molecule has 1 aliphatic heterocycles. The van der Waals surface area contributed by atoms with Crippen LogP contribution in [0.3, 0.4) is 0 Å². The Kier molecular flexibility index (Phi) is 4.62. The molecule has 0 bridgehead atoms. The van der Waals surface area contributed by atoms with Gasteiger partial charge in [0, 0.05) is 5.69 Å². The molecule has 0 spiro atoms. The summed E-state index contributed by atoms with van der Waals surface area (Å²) >= 11 is 0. The number of anilines is 1. The van der Waals surface area contributed by atoms with Gasteiger partial charge in [-0.25, -0.2) is 19.6 Å². The Hall–Kier alpha value is -2.31. The van der Waals surface area contributed by atoms with E-state index in [9.17, 15) is 9.59 Å². The van der Waals surface area contributed by atoms with E-state index in [1.807, 2.05) is 19.1 Å². The number of fused-ring (bicyclic) bond motifs is 1. The summed E-state index contributed by atoms with van der Waals surface area (Å²) in [6.07, 6.45) is -0.610. The second kappa shape index (κ2) is 6.43. The molecule has 0 aromatic carbocycles. The second-order valence-corrected chi connectivity index (χ2v) is 4.52. The molecule has 1 aromatic rings. The van der Waals surface area contributed by atoms with Crippen LogP contribution in [0.5, 0.6) is 0 Å². The smallest absolute Gasteiger partial charge is 0.435 e. The van der Waals surface area contributed by atoms with Crippen LogP contribution < -0.4 is 5.01 Å². The van der Waals surface area contributed by atoms with E-state index < -0.39 is 12.2 Å². The number of pyridine rings is 1. The van der Waals surface area contributed by atoms with Gasteiger partial charge in [-0.2, -0.15) is 5.01 Å². The molecule has 7 nitrogen and oxygen atoms in total. The minimum atomic E-state index is -0.635. The summed E-state index contributed by atoms with van der Waals surface area (Å²) in [7, 11) is 0. The maximum atomic E-state index is 12.2. The van der Waals surface area contributed by atoms with Gasteiger partial charge in [-0.3, -0.25) is 0 Å². The van der Waals surface area contributed by atoms with Gasteiger partial charge in [-0.15, -0.1) is 0 Å². The van der Waals surface area contributed by atoms with Crippen LogP contribution in [-0.2, 0) is 15.9 Å². The van der Waals surface area contributed by atoms with Gasteiger partial charge < -0.3 is 9.47 Å². The van der Waals surface area contributed by atoms with E-state index in [1.165, 1.54) is 5.01 Å². The van der Waals surface area contributed by atoms with Gasteiger partial charge in [0.1, 0.15) is 0 Å². The third kappa shape index (κ3) is 3.07. The molecule has 0 aliphatic carbocycles. The molecule has 2 rings (SSSR count). The molecule has 0 radical (unpaired) electrons. The second-order valence-electron chi connectivity index (χ2n) is 4.52. The highest BCUT2D eigenvalue weighted by Gasteiger charge is 2.35. The molecule has 2 heterocycles. The van der Waals surface area contributed by atoms with Crippen molar-refractivity contribution in [1.29, 1.82) is 0 Å². The van der Waals surface area contributed by atoms with Crippen LogP contribution in [-0.4, -0.2) is 41.9 Å². The van der Waals surface area contributed by atoms with Crippen molar-refractivity contribution in [2.75, 3.05) is 24.8 Å². The molecule has 0 saturated carbocycles. The Morgan fingerprint density at radius 3 is 2.52 bits per heavy atom. The average Bonchev–Trinajstić information content (AvgIpc) is 2.46. The van der Waals surface area contributed by atoms with E-state index in [-0.39, 0.29) is 13.2 Å². The lowest BCUT2D eigenvalue weighted by Crippen LogP contribution is -2.54. The Balaban J connectivity index is 2.40. The monoisotopic (exact) mass is 293 g/mol. The maximum Gasteiger partial charge on any atom is 0.435 e. The highest BCUT2D eigenvalue weighted by Crippen LogP contribution is 2.27. The number of aromatic nitrogens is 1. The fourth-order valence-electron chi connectivity index (χ4n) is 2.13. The first-order chi connectivity index (χ1) is 10.1. The van der Waals surface area contributed by atoms with Crippen LogP contribution in [0.4, 0.5) is 15.4 Å². The highest BCUT2D eigenvalue weighted by atomic mass is 16.6. The van der Waals surface area contributed by atoms with Crippen LogP contribution in [0.15, 0.2) is 12.1 Å². The third-order valence-electron chi connectivity index (χ3n) is 3.05. The zero-order chi connectivity index (χ0) is 15.4. The number of carbonyl (C=O) groups is 2. The first kappa shape index (κ1) is 15.1. The first-order valence-electron chi connectivity index (χ1n) is 6.96. The van der Waals surface area contributed by atoms with Gasteiger partial charge in [-0.1, -0.05) is 6.07 Å². The number of hydrazine groups is 1. The van der Waals surface area contributed by atoms with Crippen LogP contribution in [0.2, 0.25) is 0 Å². The van der Waals surface area contributed by atoms with E-state index >= 15 is 0 Å². The molecule has 0 N–H and O–H groups in total. The lowest BCUT2D eigenvalue weighted by atomic mass is 10.1. The maximum absolute atomic E-state index is 12.2. The number of aryl methyl sites for hydroxylation is 1. The Labute approximate surface area is 123 Å². The van der Waals surface area contributed by atoms with Gasteiger partial charge in [0.2, 0.25) is 0 Å². The predicted octanol–water partition coefficient (Wildman–Crippen LogP) is 2.28. The van der Waals surface area contributed by atoms with Gasteiger partial charge in [-0.05, 0) is 38.8 Å². The third-order valence-corrected chi connectivity index (χ3v) is 3.05. The first-order valence-corrected chi connectivity index (χ1v) is 6.96. The summed E-state index contributed by atoms with van der Waals surface area (Å²) in [5.74, 6) is 0.424. The number of rotatable bonds is 2. The van der Waals surface area contributed by atoms with Crippen molar-refractivity contribution in [3.63, 3.8) is 0 Å². The van der Waals surface area contributed by atoms with E-state index in [1.54, 1.807) is 13.8 Å². The number of hydrogen-bond acceptors (Lipinski definition) is 5. The SMILES string of the molecule is CCOC(=O)N1CCc2ccc(C)nc2N1C(=O)OCC. The van der Waals surface area contributed by atoms with Crippen LogP contribution in [0, 0.1) is 6.92 Å². The molecule has 2 amide bonds. The van der Waals surface area contributed by atoms with E-state index in [0.29, 0.717) is 18.8 Å². The minimum absolute atomic E-state index is 0.215. The molecule has 1 aromatic heterocycles. The Bertz CT molecular complexity index is 547. The molecule has 0 unspecified atom stereocenters. The van der Waals surface area contributed by atoms with Crippen LogP contribution in [0.1, 0.15) is 25.1 Å². The van der Waals surface area contributed by atoms with E-state index in [2.05, 4.69) is 4.98 Å². The van der Waals surface area contributed by atoms with Crippen molar-refractivity contribution in [1.82, 2.24) is 9.99 Å². The van der Waals surface area contributed by atoms with Gasteiger partial charge >= 0.3 is 12.2 Å². The molecular weight excluding hydrogens is 274 g/mol. The quantitative estimate of drug-likeness (QED) is 0.836. The summed E-state index contributed by atoms with van der Waals surface area (Å²) in [5, 5.41) is 2.39. The largest absolute Gasteiger partial charge is 0.448 e. The van der Waals surface area contributed by atoms with Crippen LogP contribution in [0.25, 0.3) is 0 Å². The summed E-state index contributed by atoms with van der Waals surface area (Å²) < 4.78 is 10.0. The molecule has 7 heteroatoms. The van der Waals surface area contributed by atoms with Crippen molar-refractivity contribution >= 4 is 18.0 Å². The predicted molar refractivity (Wildman–Crippen MR) is 75.9 cm³/mol. The molecule has 0 atom stereocenters. The molecule has 114 valence electrons. The molecule has 1 aliphatic rings. The fraction of sp³-hybridized carbons (Fsp3) is 0.500. The highest BCUT2D eigenvalue weighted by molar-refractivity contribution is 5.91. The molecule has 0 fully saturated rings. The summed E-state index contributed by atoms with van der Waals surface area (Å²) in [6, 6.07) is 3.79. The van der Waals surface area contributed by atoms with Crippen molar-refractivity contribution < 1.29 is 19.1 Å². The summed E-state index contributed by atoms with van der Waals surface area (Å²) in [4.78, 5) is 28.6. The minimum Gasteiger partial charge on any atom is -0.448 e. The number of nitrogens with zero attached hydrogens (tertiary/aromatic N) is 3. The van der Waals surface area contributed by atoms with E-state index in [4.69, 9.17) is 9.47 Å². The normalized spacial score (nSPS) is 13.7. The fourth-order valence-corrected chi connectivity index (χ4v) is 2.13. The van der Waals surface area contributed by atoms with Crippen molar-refractivity contribution in [2.45, 2.75) is 27.2 Å². The summed E-state index contributed by atoms with van der Waals surface area (Å²) in [5.41, 5.74) is 1.66. The number of hydrogen-bond donors (Lipinski definition) is 0. The molecule has 21 heavy (non-hydrogen) atoms. The topological polar surface area (TPSA) is 72.0 Å². The summed E-state index contributed by atoms with van der Waals surface area (Å²) in [6.45, 7) is 6.05. The van der Waals surface area contributed by atoms with Crippen LogP contribution >= 0.6 is 0 Å². The zero-order valence-corrected chi connectivity index (χ0v) is 12.5. The van der Waals surface area contributed by atoms with Gasteiger partial charge in [0.05, 0.1) is 19.8 Å². The number of carbonyl (C=O) groups excluding carboxylic acids is 2. The van der Waals surface area contributed by atoms with E-state index in [0.717, 1.165) is 16.3 Å². The van der Waals surface area contributed by atoms with Crippen molar-refractivity contribution in [3.8, 4) is 0 Å². The molecule has 0 saturated heterocycles. The van der Waals surface area contributed by atoms with Crippen molar-refractivity contribution in [2.24, 2.45) is 0 Å². The lowest BCUT2D eigenvalue weighted by Gasteiger charge is -2.36. The Morgan fingerprint density at radius 2 is 1.86 bits per heavy atom. The van der Waals surface area contributed by atoms with Gasteiger partial charge in [0.15, 0.2) is 5.82 Å². The number of ether oxygens (including phenoxy) is 2. The molecular formula is C14H19N3O4. The lowest BCUT2D eigenvalue weighted by molar-refractivity contribution is 0.0897. The number of amides is 2. The average molecular weight is 293 g/mol. The van der Waals surface area contributed by atoms with Crippen molar-refractivity contribution in [3.05, 3.63) is 23.4 Å². The zero-order valence-electron chi connectivity index (χ0n) is 12.5. The standard InChI is InChI=1S/C14H19N3O4/c1-4-20-13(18)16-9-8-11-7-6-10(3)15-12(11)17(16)14(19)21-5-2/h6-7H,4-5,8-9H2,1-3H3. The Morgan fingerprint density at radius 1 is 1.19 bits per heavy atom.